The molecule has 0 aliphatic carbocycles. The molecule has 0 unspecified atom stereocenters. The number of hydrogen-bond donors (Lipinski definition) is 2. The van der Waals surface area contributed by atoms with E-state index in [0.717, 1.165) is 0 Å². The number of esters is 1. The van der Waals surface area contributed by atoms with Gasteiger partial charge in [0.05, 0.1) is 0 Å². The molecule has 0 atom stereocenters. The van der Waals surface area contributed by atoms with Gasteiger partial charge in [0, 0.05) is 6.92 Å². The SMILES string of the molecule is CC(=O)Oc1ccccc1C(=O)O.O=C([O-])O.[Na+]. The van der Waals surface area contributed by atoms with Gasteiger partial charge in [-0.05, 0) is 12.1 Å². The maximum Gasteiger partial charge on any atom is 1.00 e. The van der Waals surface area contributed by atoms with Crippen LogP contribution in [0.25, 0.3) is 0 Å². The third kappa shape index (κ3) is 8.57. The van der Waals surface area contributed by atoms with Gasteiger partial charge in [0.25, 0.3) is 0 Å². The van der Waals surface area contributed by atoms with Crippen molar-refractivity contribution >= 4 is 18.1 Å². The molecule has 1 aromatic carbocycles. The van der Waals surface area contributed by atoms with Crippen LogP contribution < -0.4 is 39.4 Å². The fraction of sp³-hybridized carbons (Fsp3) is 0.100. The zero-order valence-corrected chi connectivity index (χ0v) is 11.7. The predicted octanol–water partition coefficient (Wildman–Crippen LogP) is -2.80. The number of para-hydroxylation sites is 1. The number of rotatable bonds is 2. The summed E-state index contributed by atoms with van der Waals surface area (Å²) in [5.74, 6) is -1.58. The van der Waals surface area contributed by atoms with E-state index >= 15 is 0 Å². The fourth-order valence-corrected chi connectivity index (χ4v) is 0.887. The summed E-state index contributed by atoms with van der Waals surface area (Å²) in [6.07, 6.45) is -2.08. The number of carboxylic acid groups (broad SMARTS) is 3. The minimum Gasteiger partial charge on any atom is -0.565 e. The first-order chi connectivity index (χ1) is 7.84. The van der Waals surface area contributed by atoms with E-state index in [1.54, 1.807) is 12.1 Å². The molecule has 0 aromatic heterocycles. The van der Waals surface area contributed by atoms with Crippen molar-refractivity contribution in [2.75, 3.05) is 0 Å². The largest absolute Gasteiger partial charge is 1.00 e. The van der Waals surface area contributed by atoms with E-state index in [1.165, 1.54) is 19.1 Å². The molecule has 18 heavy (non-hydrogen) atoms. The van der Waals surface area contributed by atoms with E-state index in [9.17, 15) is 9.59 Å². The molecule has 1 rings (SSSR count). The summed E-state index contributed by atoms with van der Waals surface area (Å²) in [4.78, 5) is 29.6. The van der Waals surface area contributed by atoms with Gasteiger partial charge in [-0.1, -0.05) is 12.1 Å². The van der Waals surface area contributed by atoms with Crippen molar-refractivity contribution in [2.45, 2.75) is 6.92 Å². The summed E-state index contributed by atoms with van der Waals surface area (Å²) in [6, 6.07) is 5.98. The maximum absolute atomic E-state index is 10.6. The van der Waals surface area contributed by atoms with E-state index < -0.39 is 18.1 Å². The molecule has 2 N–H and O–H groups in total. The summed E-state index contributed by atoms with van der Waals surface area (Å²) in [7, 11) is 0. The minimum absolute atomic E-state index is 0. The molecule has 0 fully saturated rings. The van der Waals surface area contributed by atoms with Crippen molar-refractivity contribution in [3.63, 3.8) is 0 Å². The fourth-order valence-electron chi connectivity index (χ4n) is 0.887. The van der Waals surface area contributed by atoms with Crippen molar-refractivity contribution < 1.29 is 64.0 Å². The van der Waals surface area contributed by atoms with Gasteiger partial charge >= 0.3 is 41.5 Å². The van der Waals surface area contributed by atoms with Gasteiger partial charge in [0.2, 0.25) is 6.16 Å². The molecule has 1 aromatic rings. The molecule has 0 heterocycles. The second-order valence-electron chi connectivity index (χ2n) is 2.66. The number of ether oxygens (including phenoxy) is 1. The van der Waals surface area contributed by atoms with E-state index in [4.69, 9.17) is 20.1 Å². The average molecular weight is 264 g/mol. The van der Waals surface area contributed by atoms with Crippen LogP contribution in [0.5, 0.6) is 5.75 Å². The molecule has 0 amide bonds. The molecule has 0 saturated heterocycles. The van der Waals surface area contributed by atoms with E-state index in [-0.39, 0.29) is 40.9 Å². The first kappa shape index (κ1) is 18.8. The van der Waals surface area contributed by atoms with Crippen LogP contribution in [0.3, 0.4) is 0 Å². The third-order valence-corrected chi connectivity index (χ3v) is 1.37. The Morgan fingerprint density at radius 2 is 1.61 bits per heavy atom. The first-order valence-corrected chi connectivity index (χ1v) is 4.25. The Bertz CT molecular complexity index is 426. The van der Waals surface area contributed by atoms with Crippen molar-refractivity contribution in [2.24, 2.45) is 0 Å². The van der Waals surface area contributed by atoms with Crippen LogP contribution in [-0.4, -0.2) is 28.3 Å². The molecule has 8 heteroatoms. The minimum atomic E-state index is -2.08. The number of carboxylic acids is 1. The molecular formula is C10H9NaO7. The Labute approximate surface area is 124 Å². The Hall–Kier alpha value is -1.57. The molecule has 0 aliphatic heterocycles. The Morgan fingerprint density at radius 3 is 2.00 bits per heavy atom. The number of hydrogen-bond acceptors (Lipinski definition) is 5. The zero-order valence-electron chi connectivity index (χ0n) is 9.75. The predicted molar refractivity (Wildman–Crippen MR) is 52.7 cm³/mol. The van der Waals surface area contributed by atoms with Crippen LogP contribution in [0.4, 0.5) is 4.79 Å². The van der Waals surface area contributed by atoms with E-state index in [0.29, 0.717) is 0 Å². The van der Waals surface area contributed by atoms with Crippen LogP contribution in [0.15, 0.2) is 24.3 Å². The van der Waals surface area contributed by atoms with Gasteiger partial charge in [0.15, 0.2) is 0 Å². The summed E-state index contributed by atoms with van der Waals surface area (Å²) in [5.41, 5.74) is -0.0160. The number of aromatic carboxylic acids is 1. The van der Waals surface area contributed by atoms with Crippen LogP contribution in [0.2, 0.25) is 0 Å². The van der Waals surface area contributed by atoms with Crippen LogP contribution in [-0.2, 0) is 4.79 Å². The number of carbonyl (C=O) groups is 3. The van der Waals surface area contributed by atoms with Gasteiger partial charge in [0.1, 0.15) is 11.3 Å². The second kappa shape index (κ2) is 9.46. The zero-order chi connectivity index (χ0) is 13.4. The molecule has 92 valence electrons. The quantitative estimate of drug-likeness (QED) is 0.336. The summed E-state index contributed by atoms with van der Waals surface area (Å²) < 4.78 is 4.69. The van der Waals surface area contributed by atoms with E-state index in [2.05, 4.69) is 4.74 Å². The summed E-state index contributed by atoms with van der Waals surface area (Å²) in [6.45, 7) is 1.22. The van der Waals surface area contributed by atoms with Gasteiger partial charge in [-0.3, -0.25) is 4.79 Å². The van der Waals surface area contributed by atoms with Crippen molar-refractivity contribution in [3.8, 4) is 5.75 Å². The third-order valence-electron chi connectivity index (χ3n) is 1.37. The maximum atomic E-state index is 10.6. The first-order valence-electron chi connectivity index (χ1n) is 4.25. The smallest absolute Gasteiger partial charge is 0.565 e. The summed E-state index contributed by atoms with van der Waals surface area (Å²) in [5, 5.41) is 24.0. The van der Waals surface area contributed by atoms with Crippen LogP contribution in [0, 0.1) is 0 Å². The van der Waals surface area contributed by atoms with Gasteiger partial charge in [-0.15, -0.1) is 0 Å². The van der Waals surface area contributed by atoms with Crippen molar-refractivity contribution in [1.82, 2.24) is 0 Å². The Kier molecular flexibility index (Phi) is 9.87. The van der Waals surface area contributed by atoms with Crippen molar-refractivity contribution in [1.29, 1.82) is 0 Å². The molecule has 7 nitrogen and oxygen atoms in total. The standard InChI is InChI=1S/C9H8O4.CH2O3.Na/c1-6(10)13-8-5-3-2-4-7(8)9(11)12;2-1(3)4;/h2-5H,1H3,(H,11,12);(H2,2,3,4);/q;;+1/p-1. The molecule has 0 aliphatic rings. The monoisotopic (exact) mass is 264 g/mol. The average Bonchev–Trinajstić information content (AvgIpc) is 2.16. The normalized spacial score (nSPS) is 8.06. The Morgan fingerprint density at radius 1 is 1.17 bits per heavy atom. The van der Waals surface area contributed by atoms with E-state index in [1.807, 2.05) is 0 Å². The van der Waals surface area contributed by atoms with Crippen LogP contribution >= 0.6 is 0 Å². The number of carbonyl (C=O) groups excluding carboxylic acids is 1. The molecule has 0 saturated carbocycles. The van der Waals surface area contributed by atoms with Crippen LogP contribution in [0.1, 0.15) is 17.3 Å². The van der Waals surface area contributed by atoms with Gasteiger partial charge < -0.3 is 24.9 Å². The van der Waals surface area contributed by atoms with Crippen molar-refractivity contribution in [3.05, 3.63) is 29.8 Å². The molecule has 0 bridgehead atoms. The summed E-state index contributed by atoms with van der Waals surface area (Å²) >= 11 is 0. The van der Waals surface area contributed by atoms with Gasteiger partial charge in [-0.25, -0.2) is 4.79 Å². The molecular weight excluding hydrogens is 255 g/mol. The molecule has 0 radical (unpaired) electrons. The molecule has 0 spiro atoms. The Balaban J connectivity index is 0. The topological polar surface area (TPSA) is 124 Å². The van der Waals surface area contributed by atoms with Gasteiger partial charge in [-0.2, -0.15) is 0 Å². The second-order valence-corrected chi connectivity index (χ2v) is 2.66. The number of benzene rings is 1.